The van der Waals surface area contributed by atoms with Gasteiger partial charge in [0.15, 0.2) is 0 Å². The first-order valence-corrected chi connectivity index (χ1v) is 27.0. The van der Waals surface area contributed by atoms with E-state index in [1.165, 1.54) is 13.8 Å². The zero-order valence-corrected chi connectivity index (χ0v) is 46.0. The Labute approximate surface area is 457 Å². The predicted molar refractivity (Wildman–Crippen MR) is 294 cm³/mol. The molecule has 0 radical (unpaired) electrons. The largest absolute Gasteiger partial charge is 0.391 e. The molecule has 2 heterocycles. The second kappa shape index (κ2) is 31.9. The second-order valence-corrected chi connectivity index (χ2v) is 20.6. The molecule has 1 aromatic heterocycles. The molecule has 1 aliphatic heterocycles. The standard InChI is InChI=1S/C52H78IN13O10/c1-5-6-13-39(60-31(3)68)46(71)63-41(22-17-30(2)67)51(76)66-29-35(69)27-44(66)50(75)65-42(25-32-18-20-34(53)21-19-32)48(73)62-40(16-11-24-58-52(55)56)47(72)64-43(26-33-28-59-37-14-8-7-12-36(33)37)49(74)61-38(45(54)70)15-9-10-23-57-4/h7-8,12,14,18-21,28,35,38-44,52,57-59,69H,5-6,9-11,13,15-17,22-27,29,55-56H2,1-4H3,(H2,54,70)(H,60,68)(H,61,74)(H,62,73)(H,63,71)(H,64,72)(H,65,75)/t35-,38+,39+,40+,41+,42-,43+,44+/m1/s1. The fourth-order valence-electron chi connectivity index (χ4n) is 8.97. The van der Waals surface area contributed by atoms with E-state index in [-0.39, 0.29) is 76.7 Å². The zero-order valence-electron chi connectivity index (χ0n) is 43.9. The Morgan fingerprint density at radius 1 is 0.711 bits per heavy atom. The van der Waals surface area contributed by atoms with Crippen molar-refractivity contribution in [2.24, 2.45) is 17.2 Å². The minimum absolute atomic E-state index is 0.00992. The summed E-state index contributed by atoms with van der Waals surface area (Å²) in [7, 11) is 1.80. The third kappa shape index (κ3) is 20.5. The van der Waals surface area contributed by atoms with E-state index in [4.69, 9.17) is 17.2 Å². The van der Waals surface area contributed by atoms with Gasteiger partial charge in [-0.25, -0.2) is 0 Å². The molecular formula is C52H78IN13O10. The summed E-state index contributed by atoms with van der Waals surface area (Å²) in [6.45, 7) is 5.11. The predicted octanol–water partition coefficient (Wildman–Crippen LogP) is -0.547. The fraction of sp³-hybridized carbons (Fsp3) is 0.558. The molecule has 3 aromatic rings. The van der Waals surface area contributed by atoms with Crippen molar-refractivity contribution in [1.29, 1.82) is 0 Å². The highest BCUT2D eigenvalue weighted by atomic mass is 127. The summed E-state index contributed by atoms with van der Waals surface area (Å²) in [6, 6.07) is 5.85. The molecular weight excluding hydrogens is 1090 g/mol. The van der Waals surface area contributed by atoms with Gasteiger partial charge in [0.05, 0.1) is 6.10 Å². The highest BCUT2D eigenvalue weighted by molar-refractivity contribution is 14.1. The molecule has 1 aliphatic rings. The number of likely N-dealkylation sites (tertiary alicyclic amines) is 1. The van der Waals surface area contributed by atoms with Crippen molar-refractivity contribution in [3.8, 4) is 0 Å². The number of aliphatic hydroxyl groups excluding tert-OH is 1. The monoisotopic (exact) mass is 1170 g/mol. The quantitative estimate of drug-likeness (QED) is 0.0207. The number of hydrogen-bond donors (Lipinski definition) is 13. The van der Waals surface area contributed by atoms with Crippen LogP contribution in [-0.2, 0) is 56.0 Å². The topological polar surface area (TPSA) is 367 Å². The van der Waals surface area contributed by atoms with Crippen LogP contribution in [0.15, 0.2) is 54.7 Å². The molecule has 23 nitrogen and oxygen atoms in total. The highest BCUT2D eigenvalue weighted by Gasteiger charge is 2.43. The van der Waals surface area contributed by atoms with Crippen molar-refractivity contribution in [3.63, 3.8) is 0 Å². The molecule has 16 N–H and O–H groups in total. The Hall–Kier alpha value is -6.06. The van der Waals surface area contributed by atoms with Crippen LogP contribution in [0, 0.1) is 3.57 Å². The number of H-pyrrole nitrogens is 1. The summed E-state index contributed by atoms with van der Waals surface area (Å²) in [5, 5.41) is 34.1. The molecule has 2 aromatic carbocycles. The Balaban J connectivity index is 1.67. The number of nitrogens with two attached hydrogens (primary N) is 3. The van der Waals surface area contributed by atoms with Crippen LogP contribution in [-0.4, -0.2) is 149 Å². The lowest BCUT2D eigenvalue weighted by molar-refractivity contribution is -0.143. The Morgan fingerprint density at radius 3 is 1.93 bits per heavy atom. The van der Waals surface area contributed by atoms with Crippen molar-refractivity contribution in [3.05, 3.63) is 69.4 Å². The number of aromatic nitrogens is 1. The maximum Gasteiger partial charge on any atom is 0.245 e. The second-order valence-electron chi connectivity index (χ2n) is 19.4. The number of halogens is 1. The number of nitrogens with one attached hydrogen (secondary N) is 9. The number of benzene rings is 2. The van der Waals surface area contributed by atoms with Crippen molar-refractivity contribution in [2.45, 2.75) is 159 Å². The molecule has 8 atom stereocenters. The van der Waals surface area contributed by atoms with E-state index in [9.17, 15) is 48.3 Å². The number of carbonyl (C=O) groups is 9. The lowest BCUT2D eigenvalue weighted by Gasteiger charge is -2.31. The van der Waals surface area contributed by atoms with E-state index in [0.717, 1.165) is 25.8 Å². The number of fused-ring (bicyclic) bond motifs is 1. The summed E-state index contributed by atoms with van der Waals surface area (Å²) in [4.78, 5) is 127. The summed E-state index contributed by atoms with van der Waals surface area (Å²) >= 11 is 2.13. The van der Waals surface area contributed by atoms with E-state index in [0.29, 0.717) is 36.9 Å². The van der Waals surface area contributed by atoms with Gasteiger partial charge in [0.25, 0.3) is 0 Å². The van der Waals surface area contributed by atoms with Crippen LogP contribution < -0.4 is 59.7 Å². The van der Waals surface area contributed by atoms with Gasteiger partial charge in [-0.3, -0.25) is 43.7 Å². The van der Waals surface area contributed by atoms with Crippen LogP contribution in [0.3, 0.4) is 0 Å². The number of Topliss-reactive ketones (excluding diaryl/α,β-unsaturated/α-hetero) is 1. The molecule has 1 fully saturated rings. The minimum Gasteiger partial charge on any atom is -0.391 e. The van der Waals surface area contributed by atoms with E-state index in [1.54, 1.807) is 25.4 Å². The number of amides is 8. The number of rotatable bonds is 33. The first-order valence-electron chi connectivity index (χ1n) is 26.0. The number of para-hydroxylation sites is 1. The Bertz CT molecular complexity index is 2440. The Morgan fingerprint density at radius 2 is 1.30 bits per heavy atom. The molecule has 0 bridgehead atoms. The number of aromatic amines is 1. The van der Waals surface area contributed by atoms with Gasteiger partial charge >= 0.3 is 0 Å². The number of hydrogen-bond acceptors (Lipinski definition) is 14. The molecule has 418 valence electrons. The SMILES string of the molecule is CCCC[C@H](NC(C)=O)C(=O)N[C@@H](CCC(C)=O)C(=O)N1C[C@H](O)C[C@H]1C(=O)N[C@H](Cc1ccc(I)cc1)C(=O)N[C@@H](CCCNC(N)N)C(=O)N[C@@H](Cc1c[nH]c2ccccc12)C(=O)N[C@@H](CCCCNC)C(N)=O. The van der Waals surface area contributed by atoms with Crippen LogP contribution in [0.4, 0.5) is 0 Å². The van der Waals surface area contributed by atoms with Crippen LogP contribution in [0.25, 0.3) is 10.9 Å². The third-order valence-electron chi connectivity index (χ3n) is 13.0. The number of aliphatic hydroxyl groups is 1. The lowest BCUT2D eigenvalue weighted by Crippen LogP contribution is -2.60. The van der Waals surface area contributed by atoms with Crippen LogP contribution in [0.5, 0.6) is 0 Å². The van der Waals surface area contributed by atoms with Gasteiger partial charge in [-0.1, -0.05) is 50.1 Å². The molecule has 76 heavy (non-hydrogen) atoms. The smallest absolute Gasteiger partial charge is 0.245 e. The number of carbonyl (C=O) groups excluding carboxylic acids is 9. The molecule has 24 heteroatoms. The van der Waals surface area contributed by atoms with Crippen LogP contribution in [0.2, 0.25) is 0 Å². The first-order chi connectivity index (χ1) is 36.2. The lowest BCUT2D eigenvalue weighted by atomic mass is 10.0. The first kappa shape index (κ1) is 62.5. The number of nitrogens with zero attached hydrogens (tertiary/aromatic N) is 1. The molecule has 1 saturated heterocycles. The van der Waals surface area contributed by atoms with E-state index in [1.807, 2.05) is 43.3 Å². The van der Waals surface area contributed by atoms with Crippen LogP contribution in [0.1, 0.15) is 103 Å². The maximum absolute atomic E-state index is 14.7. The minimum atomic E-state index is -1.39. The van der Waals surface area contributed by atoms with Gasteiger partial charge in [0, 0.05) is 59.8 Å². The molecule has 0 aliphatic carbocycles. The fourth-order valence-corrected chi connectivity index (χ4v) is 9.32. The zero-order chi connectivity index (χ0) is 55.9. The molecule has 0 saturated carbocycles. The van der Waals surface area contributed by atoms with E-state index in [2.05, 4.69) is 70.1 Å². The Kier molecular flexibility index (Phi) is 26.2. The number of primary amides is 1. The molecule has 4 rings (SSSR count). The third-order valence-corrected chi connectivity index (χ3v) is 13.8. The molecule has 0 unspecified atom stereocenters. The normalized spacial score (nSPS) is 16.7. The highest BCUT2D eigenvalue weighted by Crippen LogP contribution is 2.23. The van der Waals surface area contributed by atoms with Crippen molar-refractivity contribution in [1.82, 2.24) is 52.4 Å². The van der Waals surface area contributed by atoms with Gasteiger partial charge in [-0.15, -0.1) is 0 Å². The van der Waals surface area contributed by atoms with Gasteiger partial charge < -0.3 is 74.2 Å². The van der Waals surface area contributed by atoms with Crippen molar-refractivity contribution in [2.75, 3.05) is 26.7 Å². The van der Waals surface area contributed by atoms with Crippen molar-refractivity contribution < 1.29 is 48.3 Å². The average Bonchev–Trinajstić information content (AvgIpc) is 3.98. The summed E-state index contributed by atoms with van der Waals surface area (Å²) < 4.78 is 0.894. The number of β-amino-alcohol motifs (C(OH)–C–C–N with tert-alkyl or cyclic N) is 1. The summed E-state index contributed by atoms with van der Waals surface area (Å²) in [6.07, 6.45) is 2.42. The van der Waals surface area contributed by atoms with E-state index < -0.39 is 102 Å². The maximum atomic E-state index is 14.7. The van der Waals surface area contributed by atoms with Crippen molar-refractivity contribution >= 4 is 86.5 Å². The van der Waals surface area contributed by atoms with Gasteiger partial charge in [0.1, 0.15) is 54.4 Å². The van der Waals surface area contributed by atoms with E-state index >= 15 is 0 Å². The van der Waals surface area contributed by atoms with Crippen LogP contribution >= 0.6 is 22.6 Å². The average molecular weight is 1170 g/mol. The molecule has 0 spiro atoms. The summed E-state index contributed by atoms with van der Waals surface area (Å²) in [5.74, 6) is -5.96. The summed E-state index contributed by atoms with van der Waals surface area (Å²) in [5.41, 5.74) is 19.3. The van der Waals surface area contributed by atoms with Gasteiger partial charge in [0.2, 0.25) is 47.3 Å². The van der Waals surface area contributed by atoms with Gasteiger partial charge in [-0.2, -0.15) is 0 Å². The molecule has 8 amide bonds. The number of unbranched alkanes of at least 4 members (excludes halogenated alkanes) is 2. The van der Waals surface area contributed by atoms with Gasteiger partial charge in [-0.05, 0) is 124 Å². The number of ketones is 1.